The third kappa shape index (κ3) is 3.16. The Labute approximate surface area is 117 Å². The van der Waals surface area contributed by atoms with Crippen molar-refractivity contribution in [2.24, 2.45) is 5.41 Å². The Balaban J connectivity index is 2.13. The fourth-order valence-electron chi connectivity index (χ4n) is 2.71. The Morgan fingerprint density at radius 1 is 1.40 bits per heavy atom. The van der Waals surface area contributed by atoms with Gasteiger partial charge in [0.25, 0.3) is 0 Å². The third-order valence-corrected chi connectivity index (χ3v) is 3.97. The number of nitrogen functional groups attached to an aromatic ring is 1. The molecule has 0 spiro atoms. The van der Waals surface area contributed by atoms with Gasteiger partial charge in [-0.25, -0.2) is 4.98 Å². The van der Waals surface area contributed by atoms with E-state index >= 15 is 0 Å². The van der Waals surface area contributed by atoms with Crippen LogP contribution < -0.4 is 11.1 Å². The zero-order valence-electron chi connectivity index (χ0n) is 11.3. The number of nitro groups is 1. The summed E-state index contributed by atoms with van der Waals surface area (Å²) in [5, 5.41) is 23.6. The number of aliphatic hydroxyl groups excluding tert-OH is 1. The lowest BCUT2D eigenvalue weighted by Crippen LogP contribution is -2.35. The lowest BCUT2D eigenvalue weighted by atomic mass is 9.74. The Morgan fingerprint density at radius 2 is 2.10 bits per heavy atom. The number of anilines is 2. The van der Waals surface area contributed by atoms with E-state index in [0.29, 0.717) is 6.54 Å². The highest BCUT2D eigenvalue weighted by molar-refractivity contribution is 5.59. The van der Waals surface area contributed by atoms with Crippen molar-refractivity contribution in [3.63, 3.8) is 0 Å². The summed E-state index contributed by atoms with van der Waals surface area (Å²) >= 11 is 0. The molecule has 0 amide bonds. The molecule has 0 saturated heterocycles. The van der Waals surface area contributed by atoms with Gasteiger partial charge in [-0.05, 0) is 18.9 Å². The molecule has 4 N–H and O–H groups in total. The van der Waals surface area contributed by atoms with Gasteiger partial charge in [0.05, 0.1) is 11.5 Å². The molecule has 1 fully saturated rings. The van der Waals surface area contributed by atoms with Crippen LogP contribution in [0.15, 0.2) is 12.1 Å². The summed E-state index contributed by atoms with van der Waals surface area (Å²) in [5.74, 6) is 0.410. The SMILES string of the molecule is Nc1ccc([N+](=O)[O-])c(NCC2(CO)CCCCC2)n1. The van der Waals surface area contributed by atoms with Crippen LogP contribution in [0.5, 0.6) is 0 Å². The molecule has 1 aromatic rings. The zero-order valence-corrected chi connectivity index (χ0v) is 11.3. The minimum atomic E-state index is -0.485. The molecule has 20 heavy (non-hydrogen) atoms. The van der Waals surface area contributed by atoms with Gasteiger partial charge in [0.2, 0.25) is 5.82 Å². The number of aromatic nitrogens is 1. The first-order chi connectivity index (χ1) is 9.56. The molecule has 7 nitrogen and oxygen atoms in total. The van der Waals surface area contributed by atoms with Crippen LogP contribution in [0.3, 0.4) is 0 Å². The first-order valence-corrected chi connectivity index (χ1v) is 6.82. The van der Waals surface area contributed by atoms with Crippen LogP contribution in [-0.4, -0.2) is 28.2 Å². The number of nitrogens with zero attached hydrogens (tertiary/aromatic N) is 2. The van der Waals surface area contributed by atoms with E-state index in [1.165, 1.54) is 18.6 Å². The summed E-state index contributed by atoms with van der Waals surface area (Å²) < 4.78 is 0. The van der Waals surface area contributed by atoms with Crippen molar-refractivity contribution in [2.75, 3.05) is 24.2 Å². The van der Waals surface area contributed by atoms with Gasteiger partial charge in [0, 0.05) is 18.0 Å². The lowest BCUT2D eigenvalue weighted by Gasteiger charge is -2.35. The van der Waals surface area contributed by atoms with E-state index in [9.17, 15) is 15.2 Å². The van der Waals surface area contributed by atoms with Crippen LogP contribution in [0.4, 0.5) is 17.3 Å². The van der Waals surface area contributed by atoms with Gasteiger partial charge in [0.15, 0.2) is 0 Å². The summed E-state index contributed by atoms with van der Waals surface area (Å²) in [6, 6.07) is 2.75. The number of hydrogen-bond donors (Lipinski definition) is 3. The maximum atomic E-state index is 11.0. The summed E-state index contributed by atoms with van der Waals surface area (Å²) in [4.78, 5) is 14.5. The molecule has 1 aliphatic carbocycles. The van der Waals surface area contributed by atoms with Gasteiger partial charge in [-0.1, -0.05) is 19.3 Å². The van der Waals surface area contributed by atoms with Crippen LogP contribution in [0.25, 0.3) is 0 Å². The molecule has 0 aliphatic heterocycles. The molecule has 1 aliphatic rings. The van der Waals surface area contributed by atoms with Gasteiger partial charge in [-0.15, -0.1) is 0 Å². The van der Waals surface area contributed by atoms with Crippen molar-refractivity contribution in [1.82, 2.24) is 4.98 Å². The molecule has 0 aromatic carbocycles. The highest BCUT2D eigenvalue weighted by Gasteiger charge is 2.32. The highest BCUT2D eigenvalue weighted by atomic mass is 16.6. The molecule has 2 rings (SSSR count). The van der Waals surface area contributed by atoms with E-state index in [0.717, 1.165) is 25.7 Å². The molecule has 1 heterocycles. The van der Waals surface area contributed by atoms with Gasteiger partial charge in [-0.3, -0.25) is 10.1 Å². The number of nitrogens with one attached hydrogen (secondary N) is 1. The van der Waals surface area contributed by atoms with E-state index in [2.05, 4.69) is 10.3 Å². The molecule has 0 bridgehead atoms. The summed E-state index contributed by atoms with van der Waals surface area (Å²) in [6.45, 7) is 0.552. The van der Waals surface area contributed by atoms with Crippen LogP contribution in [0.2, 0.25) is 0 Å². The molecule has 0 atom stereocenters. The molecule has 0 radical (unpaired) electrons. The second kappa shape index (κ2) is 6.04. The lowest BCUT2D eigenvalue weighted by molar-refractivity contribution is -0.384. The Bertz CT molecular complexity index is 487. The van der Waals surface area contributed by atoms with Crippen LogP contribution in [-0.2, 0) is 0 Å². The first kappa shape index (κ1) is 14.5. The standard InChI is InChI=1S/C13H20N4O3/c14-11-5-4-10(17(19)20)12(16-11)15-8-13(9-18)6-2-1-3-7-13/h4-5,18H,1-3,6-9H2,(H3,14,15,16). The van der Waals surface area contributed by atoms with Gasteiger partial charge < -0.3 is 16.2 Å². The Morgan fingerprint density at radius 3 is 2.70 bits per heavy atom. The van der Waals surface area contributed by atoms with Gasteiger partial charge in [-0.2, -0.15) is 0 Å². The van der Waals surface area contributed by atoms with Crippen molar-refractivity contribution in [3.05, 3.63) is 22.2 Å². The summed E-state index contributed by atoms with van der Waals surface area (Å²) in [7, 11) is 0. The molecule has 110 valence electrons. The smallest absolute Gasteiger partial charge is 0.311 e. The van der Waals surface area contributed by atoms with E-state index < -0.39 is 4.92 Å². The maximum Gasteiger partial charge on any atom is 0.311 e. The van der Waals surface area contributed by atoms with Gasteiger partial charge in [0.1, 0.15) is 5.82 Å². The number of hydrogen-bond acceptors (Lipinski definition) is 6. The first-order valence-electron chi connectivity index (χ1n) is 6.82. The van der Waals surface area contributed by atoms with Crippen molar-refractivity contribution in [1.29, 1.82) is 0 Å². The van der Waals surface area contributed by atoms with Crippen molar-refractivity contribution >= 4 is 17.3 Å². The fourth-order valence-corrected chi connectivity index (χ4v) is 2.71. The monoisotopic (exact) mass is 280 g/mol. The van der Waals surface area contributed by atoms with Crippen LogP contribution >= 0.6 is 0 Å². The van der Waals surface area contributed by atoms with E-state index in [4.69, 9.17) is 5.73 Å². The summed E-state index contributed by atoms with van der Waals surface area (Å²) in [6.07, 6.45) is 5.18. The largest absolute Gasteiger partial charge is 0.396 e. The van der Waals surface area contributed by atoms with Crippen LogP contribution in [0.1, 0.15) is 32.1 Å². The average molecular weight is 280 g/mol. The van der Waals surface area contributed by atoms with E-state index in [-0.39, 0.29) is 29.3 Å². The normalized spacial score (nSPS) is 17.6. The number of aliphatic hydroxyl groups is 1. The predicted octanol–water partition coefficient (Wildman–Crippen LogP) is 1.93. The molecule has 1 saturated carbocycles. The minimum absolute atomic E-state index is 0.0795. The molecule has 1 aromatic heterocycles. The second-order valence-electron chi connectivity index (χ2n) is 5.43. The van der Waals surface area contributed by atoms with Crippen molar-refractivity contribution in [3.8, 4) is 0 Å². The molecule has 7 heteroatoms. The predicted molar refractivity (Wildman–Crippen MR) is 76.4 cm³/mol. The highest BCUT2D eigenvalue weighted by Crippen LogP contribution is 2.36. The van der Waals surface area contributed by atoms with Crippen LogP contribution in [0, 0.1) is 15.5 Å². The quantitative estimate of drug-likeness (QED) is 0.561. The molecular formula is C13H20N4O3. The maximum absolute atomic E-state index is 11.0. The van der Waals surface area contributed by atoms with Crippen molar-refractivity contribution < 1.29 is 10.0 Å². The summed E-state index contributed by atoms with van der Waals surface area (Å²) in [5.41, 5.74) is 5.27. The average Bonchev–Trinajstić information content (AvgIpc) is 2.46. The van der Waals surface area contributed by atoms with Crippen molar-refractivity contribution in [2.45, 2.75) is 32.1 Å². The van der Waals surface area contributed by atoms with Gasteiger partial charge >= 0.3 is 5.69 Å². The third-order valence-electron chi connectivity index (χ3n) is 3.97. The fraction of sp³-hybridized carbons (Fsp3) is 0.615. The Kier molecular flexibility index (Phi) is 4.39. The molecule has 0 unspecified atom stereocenters. The minimum Gasteiger partial charge on any atom is -0.396 e. The number of nitrogens with two attached hydrogens (primary N) is 1. The number of rotatable bonds is 5. The van der Waals surface area contributed by atoms with E-state index in [1.54, 1.807) is 0 Å². The van der Waals surface area contributed by atoms with E-state index in [1.807, 2.05) is 0 Å². The number of pyridine rings is 1. The second-order valence-corrected chi connectivity index (χ2v) is 5.43. The Hall–Kier alpha value is -1.89. The topological polar surface area (TPSA) is 114 Å². The molecular weight excluding hydrogens is 260 g/mol. The zero-order chi connectivity index (χ0) is 14.6.